The van der Waals surface area contributed by atoms with Gasteiger partial charge in [-0.1, -0.05) is 17.7 Å². The van der Waals surface area contributed by atoms with Crippen molar-refractivity contribution in [2.75, 3.05) is 6.54 Å². The second-order valence-electron chi connectivity index (χ2n) is 6.14. The van der Waals surface area contributed by atoms with Gasteiger partial charge in [0, 0.05) is 12.2 Å². The predicted molar refractivity (Wildman–Crippen MR) is 78.9 cm³/mol. The highest BCUT2D eigenvalue weighted by molar-refractivity contribution is 6.29. The largest absolute Gasteiger partial charge is 0.444 e. The molecule has 1 fully saturated rings. The highest BCUT2D eigenvalue weighted by Gasteiger charge is 2.34. The lowest BCUT2D eigenvalue weighted by atomic mass is 10.0. The first kappa shape index (κ1) is 15.1. The fourth-order valence-electron chi connectivity index (χ4n) is 2.52. The molecule has 0 aromatic carbocycles. The summed E-state index contributed by atoms with van der Waals surface area (Å²) in [7, 11) is 0. The number of likely N-dealkylation sites (tertiary alicyclic amines) is 1. The molecule has 1 aliphatic rings. The Hall–Kier alpha value is -1.29. The Bertz CT molecular complexity index is 511. The van der Waals surface area contributed by atoms with Crippen molar-refractivity contribution in [1.82, 2.24) is 9.88 Å². The molecule has 4 nitrogen and oxygen atoms in total. The van der Waals surface area contributed by atoms with E-state index >= 15 is 0 Å². The van der Waals surface area contributed by atoms with Gasteiger partial charge in [0.25, 0.3) is 0 Å². The van der Waals surface area contributed by atoms with Gasteiger partial charge in [-0.15, -0.1) is 0 Å². The van der Waals surface area contributed by atoms with Crippen LogP contribution in [0.1, 0.15) is 50.9 Å². The third-order valence-electron chi connectivity index (χ3n) is 3.33. The summed E-state index contributed by atoms with van der Waals surface area (Å²) in [5.41, 5.74) is 1.45. The quantitative estimate of drug-likeness (QED) is 0.732. The van der Waals surface area contributed by atoms with Gasteiger partial charge in [-0.3, -0.25) is 0 Å². The molecule has 0 bridgehead atoms. The lowest BCUT2D eigenvalue weighted by Gasteiger charge is -2.29. The summed E-state index contributed by atoms with van der Waals surface area (Å²) in [5.74, 6) is 0. The minimum absolute atomic E-state index is 0.0367. The molecule has 0 radical (unpaired) electrons. The number of carbonyl (C=O) groups is 1. The van der Waals surface area contributed by atoms with E-state index in [2.05, 4.69) is 4.98 Å². The summed E-state index contributed by atoms with van der Waals surface area (Å²) in [6, 6.07) is 3.77. The minimum Gasteiger partial charge on any atom is -0.444 e. The number of nitrogens with zero attached hydrogens (tertiary/aromatic N) is 2. The van der Waals surface area contributed by atoms with E-state index in [1.54, 1.807) is 11.0 Å². The molecule has 0 spiro atoms. The van der Waals surface area contributed by atoms with Gasteiger partial charge < -0.3 is 9.64 Å². The van der Waals surface area contributed by atoms with Crippen LogP contribution >= 0.6 is 11.6 Å². The average Bonchev–Trinajstić information content (AvgIpc) is 2.75. The lowest BCUT2D eigenvalue weighted by Crippen LogP contribution is -2.36. The minimum atomic E-state index is -0.475. The highest BCUT2D eigenvalue weighted by Crippen LogP contribution is 2.34. The third-order valence-corrected chi connectivity index (χ3v) is 3.54. The maximum atomic E-state index is 12.3. The Kier molecular flexibility index (Phi) is 4.23. The Morgan fingerprint density at radius 2 is 2.15 bits per heavy atom. The van der Waals surface area contributed by atoms with Crippen molar-refractivity contribution in [2.24, 2.45) is 0 Å². The van der Waals surface area contributed by atoms with Gasteiger partial charge in [0.2, 0.25) is 0 Å². The number of halogens is 1. The number of carbonyl (C=O) groups excluding carboxylic acids is 1. The molecule has 1 aromatic rings. The van der Waals surface area contributed by atoms with Crippen molar-refractivity contribution >= 4 is 17.7 Å². The van der Waals surface area contributed by atoms with Crippen LogP contribution in [-0.4, -0.2) is 28.1 Å². The summed E-state index contributed by atoms with van der Waals surface area (Å²) in [6.45, 7) is 8.29. The maximum Gasteiger partial charge on any atom is 0.410 e. The Labute approximate surface area is 125 Å². The number of aryl methyl sites for hydroxylation is 1. The van der Waals surface area contributed by atoms with Crippen LogP contribution in [-0.2, 0) is 4.74 Å². The van der Waals surface area contributed by atoms with Crippen LogP contribution in [0.3, 0.4) is 0 Å². The molecule has 0 saturated carbocycles. The molecule has 1 amide bonds. The topological polar surface area (TPSA) is 42.4 Å². The van der Waals surface area contributed by atoms with Gasteiger partial charge in [-0.05, 0) is 52.2 Å². The monoisotopic (exact) mass is 296 g/mol. The molecule has 1 aromatic heterocycles. The molecule has 1 aliphatic heterocycles. The summed E-state index contributed by atoms with van der Waals surface area (Å²) in [4.78, 5) is 18.3. The number of rotatable bonds is 1. The smallest absolute Gasteiger partial charge is 0.410 e. The molecule has 1 saturated heterocycles. The molecule has 20 heavy (non-hydrogen) atoms. The van der Waals surface area contributed by atoms with Crippen molar-refractivity contribution in [2.45, 2.75) is 52.2 Å². The number of aromatic nitrogens is 1. The standard InChI is InChI=1S/C15H21ClN2O2/c1-10-11(7-8-13(16)17-10)12-6-5-9-18(12)14(19)20-15(2,3)4/h7-8,12H,5-6,9H2,1-4H3/t12-/m1/s1. The van der Waals surface area contributed by atoms with Crippen molar-refractivity contribution in [3.8, 4) is 0 Å². The molecule has 0 unspecified atom stereocenters. The van der Waals surface area contributed by atoms with E-state index in [1.165, 1.54) is 0 Å². The lowest BCUT2D eigenvalue weighted by molar-refractivity contribution is 0.0224. The summed E-state index contributed by atoms with van der Waals surface area (Å²) in [5, 5.41) is 0.480. The second kappa shape index (κ2) is 5.60. The van der Waals surface area contributed by atoms with Gasteiger partial charge in [0.1, 0.15) is 10.8 Å². The van der Waals surface area contributed by atoms with Crippen molar-refractivity contribution in [1.29, 1.82) is 0 Å². The van der Waals surface area contributed by atoms with Crippen LogP contribution in [0.5, 0.6) is 0 Å². The molecule has 110 valence electrons. The second-order valence-corrected chi connectivity index (χ2v) is 6.53. The van der Waals surface area contributed by atoms with Gasteiger partial charge >= 0.3 is 6.09 Å². The molecule has 0 N–H and O–H groups in total. The highest BCUT2D eigenvalue weighted by atomic mass is 35.5. The molecular weight excluding hydrogens is 276 g/mol. The van der Waals surface area contributed by atoms with Gasteiger partial charge in [-0.25, -0.2) is 9.78 Å². The maximum absolute atomic E-state index is 12.3. The van der Waals surface area contributed by atoms with Crippen LogP contribution in [0, 0.1) is 6.92 Å². The third kappa shape index (κ3) is 3.42. The van der Waals surface area contributed by atoms with Gasteiger partial charge in [0.05, 0.1) is 6.04 Å². The SMILES string of the molecule is Cc1nc(Cl)ccc1[C@H]1CCCN1C(=O)OC(C)(C)C. The Morgan fingerprint density at radius 1 is 1.45 bits per heavy atom. The first-order valence-corrected chi connectivity index (χ1v) is 7.28. The van der Waals surface area contributed by atoms with Crippen LogP contribution < -0.4 is 0 Å². The van der Waals surface area contributed by atoms with Crippen LogP contribution in [0.2, 0.25) is 5.15 Å². The van der Waals surface area contributed by atoms with E-state index in [-0.39, 0.29) is 12.1 Å². The summed E-state index contributed by atoms with van der Waals surface area (Å²) >= 11 is 5.89. The zero-order valence-electron chi connectivity index (χ0n) is 12.4. The van der Waals surface area contributed by atoms with Crippen LogP contribution in [0.15, 0.2) is 12.1 Å². The number of amides is 1. The van der Waals surface area contributed by atoms with Crippen molar-refractivity contribution < 1.29 is 9.53 Å². The van der Waals surface area contributed by atoms with Crippen LogP contribution in [0.25, 0.3) is 0 Å². The Morgan fingerprint density at radius 3 is 2.75 bits per heavy atom. The molecular formula is C15H21ClN2O2. The average molecular weight is 297 g/mol. The molecule has 1 atom stereocenters. The van der Waals surface area contributed by atoms with Crippen molar-refractivity contribution in [3.05, 3.63) is 28.5 Å². The molecule has 2 rings (SSSR count). The molecule has 2 heterocycles. The Balaban J connectivity index is 2.21. The van der Waals surface area contributed by atoms with E-state index in [1.807, 2.05) is 33.8 Å². The molecule has 0 aliphatic carbocycles. The summed E-state index contributed by atoms with van der Waals surface area (Å²) < 4.78 is 5.48. The van der Waals surface area contributed by atoms with E-state index < -0.39 is 5.60 Å². The fraction of sp³-hybridized carbons (Fsp3) is 0.600. The predicted octanol–water partition coefficient (Wildman–Crippen LogP) is 4.12. The van der Waals surface area contributed by atoms with E-state index in [0.717, 1.165) is 30.6 Å². The van der Waals surface area contributed by atoms with Crippen molar-refractivity contribution in [3.63, 3.8) is 0 Å². The normalized spacial score (nSPS) is 19.2. The zero-order valence-corrected chi connectivity index (χ0v) is 13.2. The zero-order chi connectivity index (χ0) is 14.9. The number of ether oxygens (including phenoxy) is 1. The fourth-order valence-corrected chi connectivity index (χ4v) is 2.71. The van der Waals surface area contributed by atoms with E-state index in [4.69, 9.17) is 16.3 Å². The first-order valence-electron chi connectivity index (χ1n) is 6.90. The van der Waals surface area contributed by atoms with Crippen LogP contribution in [0.4, 0.5) is 4.79 Å². The first-order chi connectivity index (χ1) is 9.28. The number of hydrogen-bond acceptors (Lipinski definition) is 3. The van der Waals surface area contributed by atoms with E-state index in [0.29, 0.717) is 5.15 Å². The van der Waals surface area contributed by atoms with E-state index in [9.17, 15) is 4.79 Å². The molecule has 5 heteroatoms. The number of hydrogen-bond donors (Lipinski definition) is 0. The van der Waals surface area contributed by atoms with Gasteiger partial charge in [0.15, 0.2) is 0 Å². The summed E-state index contributed by atoms with van der Waals surface area (Å²) in [6.07, 6.45) is 1.66. The number of pyridine rings is 1. The van der Waals surface area contributed by atoms with Gasteiger partial charge in [-0.2, -0.15) is 0 Å².